The molecule has 0 radical (unpaired) electrons. The van der Waals surface area contributed by atoms with Crippen LogP contribution in [0.5, 0.6) is 0 Å². The second-order valence-electron chi connectivity index (χ2n) is 1.79. The molecule has 0 bridgehead atoms. The number of nitrogens with zero attached hydrogens (tertiary/aromatic N) is 1. The highest BCUT2D eigenvalue weighted by Crippen LogP contribution is 2.03. The van der Waals surface area contributed by atoms with Crippen molar-refractivity contribution in [3.8, 4) is 12.3 Å². The van der Waals surface area contributed by atoms with Crippen LogP contribution in [0.4, 0.5) is 0 Å². The minimum Gasteiger partial charge on any atom is -0.149 e. The summed E-state index contributed by atoms with van der Waals surface area (Å²) in [5.41, 5.74) is -0.819. The van der Waals surface area contributed by atoms with Crippen LogP contribution in [0.15, 0.2) is 5.18 Å². The Kier molecular flexibility index (Phi) is 1.53. The van der Waals surface area contributed by atoms with E-state index in [4.69, 9.17) is 6.42 Å². The Bertz CT molecular complexity index is 110. The highest BCUT2D eigenvalue weighted by molar-refractivity contribution is 5.06. The normalized spacial score (nSPS) is 9.86. The van der Waals surface area contributed by atoms with Gasteiger partial charge >= 0.3 is 0 Å². The first kappa shape index (κ1) is 6.16. The lowest BCUT2D eigenvalue weighted by atomic mass is 10.1. The highest BCUT2D eigenvalue weighted by atomic mass is 16.3. The summed E-state index contributed by atoms with van der Waals surface area (Å²) in [7, 11) is 0. The van der Waals surface area contributed by atoms with E-state index in [1.807, 2.05) is 0 Å². The van der Waals surface area contributed by atoms with Gasteiger partial charge in [-0.05, 0) is 13.8 Å². The molecule has 0 amide bonds. The second kappa shape index (κ2) is 1.74. The zero-order valence-electron chi connectivity index (χ0n) is 4.43. The van der Waals surface area contributed by atoms with Crippen molar-refractivity contribution in [1.29, 1.82) is 0 Å². The number of nitroso groups, excluding NO2 is 1. The number of terminal acetylenes is 1. The molecule has 0 heterocycles. The molecule has 0 aromatic rings. The predicted octanol–water partition coefficient (Wildman–Crippen LogP) is 1.16. The van der Waals surface area contributed by atoms with Gasteiger partial charge < -0.3 is 0 Å². The molecule has 0 saturated carbocycles. The molecule has 2 nitrogen and oxygen atoms in total. The second-order valence-corrected chi connectivity index (χ2v) is 1.79. The van der Waals surface area contributed by atoms with Crippen LogP contribution in [0.25, 0.3) is 0 Å². The molecule has 7 heavy (non-hydrogen) atoms. The van der Waals surface area contributed by atoms with Crippen molar-refractivity contribution >= 4 is 0 Å². The third kappa shape index (κ3) is 1.94. The summed E-state index contributed by atoms with van der Waals surface area (Å²) in [5, 5.41) is 2.65. The summed E-state index contributed by atoms with van der Waals surface area (Å²) in [6, 6.07) is 0. The van der Waals surface area contributed by atoms with E-state index in [0.29, 0.717) is 0 Å². The molecule has 0 saturated heterocycles. The van der Waals surface area contributed by atoms with Gasteiger partial charge in [-0.2, -0.15) is 0 Å². The third-order valence-corrected chi connectivity index (χ3v) is 0.581. The van der Waals surface area contributed by atoms with Gasteiger partial charge in [0, 0.05) is 0 Å². The number of hydrogen-bond donors (Lipinski definition) is 0. The fraction of sp³-hybridized carbons (Fsp3) is 0.600. The van der Waals surface area contributed by atoms with Crippen molar-refractivity contribution in [1.82, 2.24) is 0 Å². The van der Waals surface area contributed by atoms with Gasteiger partial charge in [-0.3, -0.25) is 0 Å². The summed E-state index contributed by atoms with van der Waals surface area (Å²) in [6.45, 7) is 3.17. The van der Waals surface area contributed by atoms with Gasteiger partial charge in [-0.15, -0.1) is 11.3 Å². The fourth-order valence-electron chi connectivity index (χ4n) is 0.0264. The maximum atomic E-state index is 9.67. The molecule has 0 N–H and O–H groups in total. The summed E-state index contributed by atoms with van der Waals surface area (Å²) >= 11 is 0. The minimum atomic E-state index is -0.819. The van der Waals surface area contributed by atoms with Crippen molar-refractivity contribution in [3.05, 3.63) is 4.91 Å². The molecule has 0 aromatic carbocycles. The topological polar surface area (TPSA) is 29.4 Å². The van der Waals surface area contributed by atoms with Crippen LogP contribution in [-0.2, 0) is 0 Å². The van der Waals surface area contributed by atoms with Crippen LogP contribution in [0.2, 0.25) is 0 Å². The molecule has 38 valence electrons. The average Bonchev–Trinajstić information content (AvgIpc) is 1.68. The molecule has 0 aliphatic heterocycles. The van der Waals surface area contributed by atoms with Gasteiger partial charge in [-0.25, -0.2) is 0 Å². The Hall–Kier alpha value is -0.840. The lowest BCUT2D eigenvalue weighted by molar-refractivity contribution is 0.677. The number of rotatable bonds is 1. The van der Waals surface area contributed by atoms with Crippen LogP contribution in [-0.4, -0.2) is 5.54 Å². The average molecular weight is 97.1 g/mol. The van der Waals surface area contributed by atoms with Crippen molar-refractivity contribution in [2.75, 3.05) is 0 Å². The van der Waals surface area contributed by atoms with Gasteiger partial charge in [0.25, 0.3) is 0 Å². The van der Waals surface area contributed by atoms with E-state index in [9.17, 15) is 4.91 Å². The summed E-state index contributed by atoms with van der Waals surface area (Å²) in [6.07, 6.45) is 4.87. The molecule has 0 atom stereocenters. The molecule has 0 aromatic heterocycles. The Balaban J connectivity index is 3.91. The molecular weight excluding hydrogens is 90.1 g/mol. The monoisotopic (exact) mass is 97.1 g/mol. The van der Waals surface area contributed by atoms with Crippen LogP contribution < -0.4 is 0 Å². The van der Waals surface area contributed by atoms with E-state index in [1.54, 1.807) is 13.8 Å². The number of hydrogen-bond acceptors (Lipinski definition) is 2. The van der Waals surface area contributed by atoms with Crippen LogP contribution >= 0.6 is 0 Å². The molecule has 0 aliphatic rings. The van der Waals surface area contributed by atoms with Crippen molar-refractivity contribution < 1.29 is 0 Å². The lowest BCUT2D eigenvalue weighted by Crippen LogP contribution is -2.10. The van der Waals surface area contributed by atoms with Crippen molar-refractivity contribution in [2.24, 2.45) is 5.18 Å². The van der Waals surface area contributed by atoms with Gasteiger partial charge in [0.05, 0.1) is 0 Å². The Labute approximate surface area is 42.9 Å². The van der Waals surface area contributed by atoms with Crippen LogP contribution in [0.1, 0.15) is 13.8 Å². The van der Waals surface area contributed by atoms with Gasteiger partial charge in [-0.1, -0.05) is 11.1 Å². The van der Waals surface area contributed by atoms with Crippen LogP contribution in [0, 0.1) is 17.3 Å². The zero-order chi connectivity index (χ0) is 5.91. The molecule has 0 spiro atoms. The maximum Gasteiger partial charge on any atom is 0.156 e. The van der Waals surface area contributed by atoms with Crippen molar-refractivity contribution in [3.63, 3.8) is 0 Å². The fourth-order valence-corrected chi connectivity index (χ4v) is 0.0264. The minimum absolute atomic E-state index is 0.819. The largest absolute Gasteiger partial charge is 0.156 e. The molecular formula is C5H7NO. The van der Waals surface area contributed by atoms with E-state index in [1.165, 1.54) is 0 Å². The first-order valence-corrected chi connectivity index (χ1v) is 1.94. The molecule has 0 unspecified atom stereocenters. The van der Waals surface area contributed by atoms with Gasteiger partial charge in [0.15, 0.2) is 5.54 Å². The Morgan fingerprint density at radius 3 is 2.14 bits per heavy atom. The van der Waals surface area contributed by atoms with Gasteiger partial charge in [0.2, 0.25) is 0 Å². The molecule has 0 fully saturated rings. The summed E-state index contributed by atoms with van der Waals surface area (Å²) in [4.78, 5) is 9.67. The van der Waals surface area contributed by atoms with E-state index in [-0.39, 0.29) is 0 Å². The summed E-state index contributed by atoms with van der Waals surface area (Å²) < 4.78 is 0. The zero-order valence-corrected chi connectivity index (χ0v) is 4.43. The first-order valence-electron chi connectivity index (χ1n) is 1.94. The maximum absolute atomic E-state index is 9.67. The Morgan fingerprint density at radius 1 is 1.71 bits per heavy atom. The Morgan fingerprint density at radius 2 is 2.14 bits per heavy atom. The van der Waals surface area contributed by atoms with E-state index in [0.717, 1.165) is 0 Å². The van der Waals surface area contributed by atoms with Gasteiger partial charge in [0.1, 0.15) is 0 Å². The summed E-state index contributed by atoms with van der Waals surface area (Å²) in [5.74, 6) is 2.21. The lowest BCUT2D eigenvalue weighted by Gasteiger charge is -2.01. The SMILES string of the molecule is C#CC(C)(C)N=O. The van der Waals surface area contributed by atoms with E-state index >= 15 is 0 Å². The van der Waals surface area contributed by atoms with Crippen molar-refractivity contribution in [2.45, 2.75) is 19.4 Å². The van der Waals surface area contributed by atoms with E-state index in [2.05, 4.69) is 11.1 Å². The predicted molar refractivity (Wildman–Crippen MR) is 28.7 cm³/mol. The molecule has 0 aliphatic carbocycles. The molecule has 2 heteroatoms. The quantitative estimate of drug-likeness (QED) is 0.356. The standard InChI is InChI=1S/C5H7NO/c1-4-5(2,3)6-7/h1H,2-3H3. The highest BCUT2D eigenvalue weighted by Gasteiger charge is 2.11. The third-order valence-electron chi connectivity index (χ3n) is 0.581. The van der Waals surface area contributed by atoms with E-state index < -0.39 is 5.54 Å². The van der Waals surface area contributed by atoms with Crippen LogP contribution in [0.3, 0.4) is 0 Å². The molecule has 0 rings (SSSR count). The smallest absolute Gasteiger partial charge is 0.149 e. The first-order chi connectivity index (χ1) is 3.12.